The molecule has 0 aromatic heterocycles. The summed E-state index contributed by atoms with van der Waals surface area (Å²) in [7, 11) is 0. The van der Waals surface area contributed by atoms with Gasteiger partial charge in [0.2, 0.25) is 0 Å². The molecule has 0 spiro atoms. The molecule has 0 aliphatic carbocycles. The maximum absolute atomic E-state index is 3.51. The fourth-order valence-electron chi connectivity index (χ4n) is 2.00. The second-order valence-corrected chi connectivity index (χ2v) is 5.56. The van der Waals surface area contributed by atoms with E-state index in [4.69, 9.17) is 0 Å². The average molecular weight is 248 g/mol. The van der Waals surface area contributed by atoms with Crippen molar-refractivity contribution in [3.05, 3.63) is 34.9 Å². The van der Waals surface area contributed by atoms with Gasteiger partial charge in [0, 0.05) is 6.54 Å². The molecule has 0 saturated carbocycles. The van der Waals surface area contributed by atoms with Crippen LogP contribution in [0.1, 0.15) is 37.0 Å². The zero-order valence-electron chi connectivity index (χ0n) is 12.3. The summed E-state index contributed by atoms with van der Waals surface area (Å²) in [6.45, 7) is 13.1. The van der Waals surface area contributed by atoms with E-state index in [0.717, 1.165) is 32.1 Å². The molecule has 0 aliphatic rings. The Labute approximate surface area is 112 Å². The second-order valence-electron chi connectivity index (χ2n) is 5.56. The average Bonchev–Trinajstić information content (AvgIpc) is 2.30. The fourth-order valence-corrected chi connectivity index (χ4v) is 2.00. The van der Waals surface area contributed by atoms with Gasteiger partial charge in [-0.15, -0.1) is 0 Å². The first kappa shape index (κ1) is 15.2. The first-order valence-corrected chi connectivity index (χ1v) is 7.07. The minimum Gasteiger partial charge on any atom is -0.316 e. The van der Waals surface area contributed by atoms with E-state index in [1.807, 2.05) is 0 Å². The summed E-state index contributed by atoms with van der Waals surface area (Å²) in [6, 6.07) is 6.67. The first-order valence-electron chi connectivity index (χ1n) is 7.07. The van der Waals surface area contributed by atoms with Crippen molar-refractivity contribution < 1.29 is 0 Å². The van der Waals surface area contributed by atoms with Crippen LogP contribution < -0.4 is 10.6 Å². The topological polar surface area (TPSA) is 24.1 Å². The molecule has 0 aliphatic heterocycles. The lowest BCUT2D eigenvalue weighted by Gasteiger charge is -2.10. The fraction of sp³-hybridized carbons (Fsp3) is 0.625. The van der Waals surface area contributed by atoms with Gasteiger partial charge in [0.15, 0.2) is 0 Å². The van der Waals surface area contributed by atoms with E-state index in [-0.39, 0.29) is 0 Å². The molecule has 0 fully saturated rings. The summed E-state index contributed by atoms with van der Waals surface area (Å²) in [5.74, 6) is 0.744. The van der Waals surface area contributed by atoms with Crippen molar-refractivity contribution in [2.75, 3.05) is 19.6 Å². The second kappa shape index (κ2) is 8.28. The third kappa shape index (κ3) is 6.18. The number of hydrogen-bond donors (Lipinski definition) is 2. The highest BCUT2D eigenvalue weighted by molar-refractivity contribution is 5.30. The third-order valence-corrected chi connectivity index (χ3v) is 3.07. The van der Waals surface area contributed by atoms with E-state index in [9.17, 15) is 0 Å². The van der Waals surface area contributed by atoms with Gasteiger partial charge in [0.25, 0.3) is 0 Å². The van der Waals surface area contributed by atoms with Crippen LogP contribution in [0.3, 0.4) is 0 Å². The number of aryl methyl sites for hydroxylation is 2. The molecule has 0 amide bonds. The Morgan fingerprint density at radius 2 is 1.78 bits per heavy atom. The first-order chi connectivity index (χ1) is 8.59. The summed E-state index contributed by atoms with van der Waals surface area (Å²) in [5.41, 5.74) is 4.14. The molecular weight excluding hydrogens is 220 g/mol. The molecule has 2 N–H and O–H groups in total. The van der Waals surface area contributed by atoms with E-state index >= 15 is 0 Å². The van der Waals surface area contributed by atoms with Gasteiger partial charge >= 0.3 is 0 Å². The maximum Gasteiger partial charge on any atom is 0.0208 e. The summed E-state index contributed by atoms with van der Waals surface area (Å²) in [4.78, 5) is 0. The van der Waals surface area contributed by atoms with Crippen molar-refractivity contribution in [3.63, 3.8) is 0 Å². The van der Waals surface area contributed by atoms with Crippen molar-refractivity contribution in [1.82, 2.24) is 10.6 Å². The van der Waals surface area contributed by atoms with Crippen LogP contribution in [-0.4, -0.2) is 19.6 Å². The Kier molecular flexibility index (Phi) is 6.99. The van der Waals surface area contributed by atoms with E-state index in [1.54, 1.807) is 0 Å². The van der Waals surface area contributed by atoms with Gasteiger partial charge in [-0.25, -0.2) is 0 Å². The Hall–Kier alpha value is -0.860. The molecule has 18 heavy (non-hydrogen) atoms. The van der Waals surface area contributed by atoms with Gasteiger partial charge in [-0.05, 0) is 56.9 Å². The smallest absolute Gasteiger partial charge is 0.0208 e. The molecule has 1 aromatic rings. The lowest BCUT2D eigenvalue weighted by Crippen LogP contribution is -2.24. The molecule has 1 aromatic carbocycles. The molecule has 102 valence electrons. The Bertz CT molecular complexity index is 345. The van der Waals surface area contributed by atoms with Crippen LogP contribution >= 0.6 is 0 Å². The maximum atomic E-state index is 3.51. The minimum atomic E-state index is 0.744. The van der Waals surface area contributed by atoms with Gasteiger partial charge in [0.1, 0.15) is 0 Å². The molecule has 2 heteroatoms. The van der Waals surface area contributed by atoms with Crippen molar-refractivity contribution >= 4 is 0 Å². The summed E-state index contributed by atoms with van der Waals surface area (Å²) >= 11 is 0. The minimum absolute atomic E-state index is 0.744. The molecule has 0 bridgehead atoms. The molecular formula is C16H28N2. The number of hydrogen-bond acceptors (Lipinski definition) is 2. The molecule has 0 atom stereocenters. The Balaban J connectivity index is 2.11. The number of nitrogens with one attached hydrogen (secondary N) is 2. The lowest BCUT2D eigenvalue weighted by molar-refractivity contribution is 0.530. The van der Waals surface area contributed by atoms with Crippen LogP contribution in [-0.2, 0) is 6.54 Å². The van der Waals surface area contributed by atoms with Crippen molar-refractivity contribution in [1.29, 1.82) is 0 Å². The van der Waals surface area contributed by atoms with Gasteiger partial charge in [-0.2, -0.15) is 0 Å². The standard InChI is InChI=1S/C16H28N2/c1-13(2)11-17-8-5-9-18-12-16-7-6-14(3)10-15(16)4/h6-7,10,13,17-18H,5,8-9,11-12H2,1-4H3. The largest absolute Gasteiger partial charge is 0.316 e. The van der Waals surface area contributed by atoms with E-state index in [2.05, 4.69) is 56.5 Å². The van der Waals surface area contributed by atoms with Gasteiger partial charge < -0.3 is 10.6 Å². The molecule has 1 rings (SSSR count). The molecule has 0 saturated heterocycles. The Morgan fingerprint density at radius 3 is 2.44 bits per heavy atom. The summed E-state index contributed by atoms with van der Waals surface area (Å²) in [5, 5.41) is 6.97. The molecule has 2 nitrogen and oxygen atoms in total. The van der Waals surface area contributed by atoms with Crippen LogP contribution in [0.15, 0.2) is 18.2 Å². The Morgan fingerprint density at radius 1 is 1.06 bits per heavy atom. The highest BCUT2D eigenvalue weighted by Crippen LogP contribution is 2.09. The lowest BCUT2D eigenvalue weighted by atomic mass is 10.1. The van der Waals surface area contributed by atoms with Crippen LogP contribution in [0.5, 0.6) is 0 Å². The normalized spacial score (nSPS) is 11.2. The van der Waals surface area contributed by atoms with Crippen LogP contribution in [0.4, 0.5) is 0 Å². The number of benzene rings is 1. The zero-order chi connectivity index (χ0) is 13.4. The molecule has 0 radical (unpaired) electrons. The van der Waals surface area contributed by atoms with Crippen molar-refractivity contribution in [2.45, 2.75) is 40.7 Å². The van der Waals surface area contributed by atoms with E-state index < -0.39 is 0 Å². The summed E-state index contributed by atoms with van der Waals surface area (Å²) < 4.78 is 0. The molecule has 0 heterocycles. The number of rotatable bonds is 8. The van der Waals surface area contributed by atoms with Gasteiger partial charge in [-0.1, -0.05) is 37.6 Å². The molecule has 0 unspecified atom stereocenters. The van der Waals surface area contributed by atoms with E-state index in [1.165, 1.54) is 23.1 Å². The zero-order valence-corrected chi connectivity index (χ0v) is 12.3. The van der Waals surface area contributed by atoms with Crippen LogP contribution in [0, 0.1) is 19.8 Å². The third-order valence-electron chi connectivity index (χ3n) is 3.07. The van der Waals surface area contributed by atoms with Crippen molar-refractivity contribution in [3.8, 4) is 0 Å². The van der Waals surface area contributed by atoms with Gasteiger partial charge in [0.05, 0.1) is 0 Å². The highest BCUT2D eigenvalue weighted by Gasteiger charge is 1.98. The van der Waals surface area contributed by atoms with E-state index in [0.29, 0.717) is 0 Å². The summed E-state index contributed by atoms with van der Waals surface area (Å²) in [6.07, 6.45) is 1.19. The predicted molar refractivity (Wildman–Crippen MR) is 79.9 cm³/mol. The SMILES string of the molecule is Cc1ccc(CNCCCNCC(C)C)c(C)c1. The van der Waals surface area contributed by atoms with Crippen LogP contribution in [0.25, 0.3) is 0 Å². The van der Waals surface area contributed by atoms with Crippen LogP contribution in [0.2, 0.25) is 0 Å². The highest BCUT2D eigenvalue weighted by atomic mass is 14.9. The van der Waals surface area contributed by atoms with Crippen molar-refractivity contribution in [2.24, 2.45) is 5.92 Å². The monoisotopic (exact) mass is 248 g/mol. The predicted octanol–water partition coefficient (Wildman–Crippen LogP) is 3.03. The quantitative estimate of drug-likeness (QED) is 0.691. The van der Waals surface area contributed by atoms with Gasteiger partial charge in [-0.3, -0.25) is 0 Å².